The van der Waals surface area contributed by atoms with Gasteiger partial charge >= 0.3 is 5.97 Å². The van der Waals surface area contributed by atoms with E-state index in [0.29, 0.717) is 11.4 Å². The van der Waals surface area contributed by atoms with Crippen molar-refractivity contribution in [3.05, 3.63) is 18.6 Å². The minimum atomic E-state index is -0.410. The Hall–Kier alpha value is -2.18. The number of hydrogen-bond donors (Lipinski definition) is 0. The molecule has 0 aliphatic heterocycles. The Labute approximate surface area is 84.6 Å². The lowest BCUT2D eigenvalue weighted by Gasteiger charge is -2.00. The number of nitrogens with zero attached hydrogens (tertiary/aromatic N) is 4. The van der Waals surface area contributed by atoms with Gasteiger partial charge in [0, 0.05) is 6.42 Å². The summed E-state index contributed by atoms with van der Waals surface area (Å²) >= 11 is 0. The maximum Gasteiger partial charge on any atom is 0.334 e. The molecule has 0 fully saturated rings. The van der Waals surface area contributed by atoms with Crippen LogP contribution < -0.4 is 4.84 Å². The molecule has 0 spiro atoms. The molecule has 2 aromatic rings. The second kappa shape index (κ2) is 3.91. The molecule has 7 heteroatoms. The van der Waals surface area contributed by atoms with E-state index >= 15 is 0 Å². The Bertz CT molecular complexity index is 448. The molecule has 15 heavy (non-hydrogen) atoms. The lowest BCUT2D eigenvalue weighted by Crippen LogP contribution is -2.20. The second-order valence-corrected chi connectivity index (χ2v) is 2.70. The van der Waals surface area contributed by atoms with Gasteiger partial charge in [0.05, 0.1) is 11.8 Å². The Morgan fingerprint density at radius 3 is 3.20 bits per heavy atom. The molecular formula is C8H8N4O3. The van der Waals surface area contributed by atoms with E-state index in [9.17, 15) is 4.79 Å². The first-order valence-electron chi connectivity index (χ1n) is 4.33. The molecule has 0 atom stereocenters. The Morgan fingerprint density at radius 1 is 1.67 bits per heavy atom. The van der Waals surface area contributed by atoms with Crippen LogP contribution in [0.15, 0.2) is 23.0 Å². The van der Waals surface area contributed by atoms with E-state index in [-0.39, 0.29) is 6.42 Å². The van der Waals surface area contributed by atoms with Crippen LogP contribution in [0.4, 0.5) is 0 Å². The highest BCUT2D eigenvalue weighted by Gasteiger charge is 2.13. The number of carbonyl (C=O) groups is 1. The number of rotatable bonds is 3. The summed E-state index contributed by atoms with van der Waals surface area (Å²) in [5.41, 5.74) is 0.643. The van der Waals surface area contributed by atoms with Crippen molar-refractivity contribution in [3.63, 3.8) is 0 Å². The Balaban J connectivity index is 2.27. The number of furan rings is 1. The second-order valence-electron chi connectivity index (χ2n) is 2.70. The van der Waals surface area contributed by atoms with Crippen molar-refractivity contribution < 1.29 is 14.0 Å². The fourth-order valence-corrected chi connectivity index (χ4v) is 0.962. The first-order chi connectivity index (χ1) is 7.31. The molecule has 2 rings (SSSR count). The maximum atomic E-state index is 11.0. The average Bonchev–Trinajstić information content (AvgIpc) is 2.86. The molecule has 0 bridgehead atoms. The van der Waals surface area contributed by atoms with Crippen molar-refractivity contribution >= 4 is 5.97 Å². The van der Waals surface area contributed by atoms with Gasteiger partial charge in [-0.2, -0.15) is 0 Å². The molecule has 0 amide bonds. The SMILES string of the molecule is CCC(=O)On1nnnc1-c1ccoc1. The van der Waals surface area contributed by atoms with E-state index in [1.54, 1.807) is 13.0 Å². The fraction of sp³-hybridized carbons (Fsp3) is 0.250. The zero-order valence-electron chi connectivity index (χ0n) is 7.95. The van der Waals surface area contributed by atoms with Crippen molar-refractivity contribution in [2.75, 3.05) is 0 Å². The first-order valence-corrected chi connectivity index (χ1v) is 4.33. The number of aromatic nitrogens is 4. The zero-order chi connectivity index (χ0) is 10.7. The van der Waals surface area contributed by atoms with Gasteiger partial charge in [0.2, 0.25) is 5.82 Å². The van der Waals surface area contributed by atoms with Crippen LogP contribution in [0.1, 0.15) is 13.3 Å². The summed E-state index contributed by atoms with van der Waals surface area (Å²) < 4.78 is 4.88. The lowest BCUT2D eigenvalue weighted by atomic mass is 10.3. The maximum absolute atomic E-state index is 11.0. The number of carbonyl (C=O) groups excluding carboxylic acids is 1. The monoisotopic (exact) mass is 208 g/mol. The van der Waals surface area contributed by atoms with Crippen molar-refractivity contribution in [1.82, 2.24) is 20.4 Å². The van der Waals surface area contributed by atoms with Gasteiger partial charge in [-0.15, -0.1) is 5.10 Å². The summed E-state index contributed by atoms with van der Waals surface area (Å²) in [6.07, 6.45) is 3.20. The van der Waals surface area contributed by atoms with Crippen molar-refractivity contribution in [2.24, 2.45) is 0 Å². The summed E-state index contributed by atoms with van der Waals surface area (Å²) in [4.78, 5) is 16.9. The molecule has 0 aliphatic carbocycles. The van der Waals surface area contributed by atoms with Crippen molar-refractivity contribution in [1.29, 1.82) is 0 Å². The summed E-state index contributed by atoms with van der Waals surface area (Å²) in [7, 11) is 0. The quantitative estimate of drug-likeness (QED) is 0.674. The summed E-state index contributed by atoms with van der Waals surface area (Å²) in [5, 5.41) is 10.7. The molecule has 0 unspecified atom stereocenters. The molecule has 0 aromatic carbocycles. The van der Waals surface area contributed by atoms with Crippen LogP contribution in [0.2, 0.25) is 0 Å². The van der Waals surface area contributed by atoms with Gasteiger partial charge in [0.1, 0.15) is 6.26 Å². The minimum absolute atomic E-state index is 0.255. The molecular weight excluding hydrogens is 200 g/mol. The van der Waals surface area contributed by atoms with E-state index in [1.165, 1.54) is 12.5 Å². The smallest absolute Gasteiger partial charge is 0.334 e. The molecule has 0 saturated heterocycles. The number of hydrogen-bond acceptors (Lipinski definition) is 6. The predicted molar refractivity (Wildman–Crippen MR) is 47.4 cm³/mol. The number of tetrazole rings is 1. The third kappa shape index (κ3) is 1.85. The van der Waals surface area contributed by atoms with E-state index in [4.69, 9.17) is 9.25 Å². The molecule has 78 valence electrons. The topological polar surface area (TPSA) is 83.0 Å². The molecule has 0 radical (unpaired) electrons. The fourth-order valence-electron chi connectivity index (χ4n) is 0.962. The molecule has 2 aromatic heterocycles. The molecule has 0 aliphatic rings. The van der Waals surface area contributed by atoms with Crippen LogP contribution in [0.5, 0.6) is 0 Å². The molecule has 0 N–H and O–H groups in total. The van der Waals surface area contributed by atoms with Gasteiger partial charge in [0.25, 0.3) is 0 Å². The molecule has 7 nitrogen and oxygen atoms in total. The van der Waals surface area contributed by atoms with Crippen molar-refractivity contribution in [2.45, 2.75) is 13.3 Å². The first kappa shape index (κ1) is 9.38. The Kier molecular flexibility index (Phi) is 2.44. The van der Waals surface area contributed by atoms with Gasteiger partial charge in [-0.1, -0.05) is 6.92 Å². The predicted octanol–water partition coefficient (Wildman–Crippen LogP) is 0.298. The highest BCUT2D eigenvalue weighted by Crippen LogP contribution is 2.14. The average molecular weight is 208 g/mol. The van der Waals surface area contributed by atoms with Gasteiger partial charge in [-0.05, 0) is 21.3 Å². The van der Waals surface area contributed by atoms with Gasteiger partial charge in [-0.3, -0.25) is 0 Å². The highest BCUT2D eigenvalue weighted by molar-refractivity contribution is 5.69. The van der Waals surface area contributed by atoms with Crippen molar-refractivity contribution in [3.8, 4) is 11.4 Å². The van der Waals surface area contributed by atoms with E-state index in [2.05, 4.69) is 15.5 Å². The highest BCUT2D eigenvalue weighted by atomic mass is 16.7. The van der Waals surface area contributed by atoms with E-state index < -0.39 is 5.97 Å². The van der Waals surface area contributed by atoms with Gasteiger partial charge < -0.3 is 9.25 Å². The standard InChI is InChI=1S/C8H8N4O3/c1-2-7(13)15-12-8(9-10-11-12)6-3-4-14-5-6/h3-5H,2H2,1H3. The zero-order valence-corrected chi connectivity index (χ0v) is 7.95. The summed E-state index contributed by atoms with van der Waals surface area (Å²) in [6, 6.07) is 1.67. The molecule has 0 saturated carbocycles. The third-order valence-corrected chi connectivity index (χ3v) is 1.70. The summed E-state index contributed by atoms with van der Waals surface area (Å²) in [6.45, 7) is 1.68. The van der Waals surface area contributed by atoms with Crippen LogP contribution in [-0.4, -0.2) is 26.3 Å². The van der Waals surface area contributed by atoms with Crippen LogP contribution in [0, 0.1) is 0 Å². The van der Waals surface area contributed by atoms with Crippen LogP contribution in [0.3, 0.4) is 0 Å². The normalized spacial score (nSPS) is 10.2. The van der Waals surface area contributed by atoms with E-state index in [0.717, 1.165) is 4.85 Å². The van der Waals surface area contributed by atoms with E-state index in [1.807, 2.05) is 0 Å². The summed E-state index contributed by atoms with van der Waals surface area (Å²) in [5.74, 6) is -0.0856. The van der Waals surface area contributed by atoms with Gasteiger partial charge in [-0.25, -0.2) is 4.79 Å². The van der Waals surface area contributed by atoms with Crippen LogP contribution in [-0.2, 0) is 4.79 Å². The van der Waals surface area contributed by atoms with Crippen LogP contribution in [0.25, 0.3) is 11.4 Å². The third-order valence-electron chi connectivity index (χ3n) is 1.70. The molecule has 2 heterocycles. The van der Waals surface area contributed by atoms with Gasteiger partial charge in [0.15, 0.2) is 0 Å². The van der Waals surface area contributed by atoms with Crippen LogP contribution >= 0.6 is 0 Å². The largest absolute Gasteiger partial charge is 0.472 e. The lowest BCUT2D eigenvalue weighted by molar-refractivity contribution is -0.145. The minimum Gasteiger partial charge on any atom is -0.472 e. The Morgan fingerprint density at radius 2 is 2.53 bits per heavy atom.